The fourth-order valence-corrected chi connectivity index (χ4v) is 2.40. The average Bonchev–Trinajstić information content (AvgIpc) is 2.67. The van der Waals surface area contributed by atoms with Crippen LogP contribution in [0, 0.1) is 0 Å². The second kappa shape index (κ2) is 12.4. The van der Waals surface area contributed by atoms with Crippen LogP contribution >= 0.6 is 24.0 Å². The molecule has 2 aromatic rings. The predicted molar refractivity (Wildman–Crippen MR) is 118 cm³/mol. The van der Waals surface area contributed by atoms with Crippen LogP contribution in [-0.4, -0.2) is 26.7 Å². The highest BCUT2D eigenvalue weighted by Gasteiger charge is 2.04. The zero-order valence-electron chi connectivity index (χ0n) is 15.6. The first-order valence-corrected chi connectivity index (χ1v) is 8.55. The first-order valence-electron chi connectivity index (χ1n) is 8.55. The van der Waals surface area contributed by atoms with Gasteiger partial charge in [0.15, 0.2) is 5.96 Å². The Balaban J connectivity index is 0.00000338. The van der Waals surface area contributed by atoms with Gasteiger partial charge in [-0.05, 0) is 30.2 Å². The molecule has 0 radical (unpaired) electrons. The van der Waals surface area contributed by atoms with E-state index in [9.17, 15) is 0 Å². The lowest BCUT2D eigenvalue weighted by molar-refractivity contribution is 0.317. The van der Waals surface area contributed by atoms with Gasteiger partial charge in [-0.2, -0.15) is 0 Å². The lowest BCUT2D eigenvalue weighted by atomic mass is 10.2. The molecule has 142 valence electrons. The summed E-state index contributed by atoms with van der Waals surface area (Å²) in [6.45, 7) is 4.15. The summed E-state index contributed by atoms with van der Waals surface area (Å²) in [7, 11) is 3.44. The molecule has 5 nitrogen and oxygen atoms in total. The van der Waals surface area contributed by atoms with Gasteiger partial charge in [-0.1, -0.05) is 37.3 Å². The van der Waals surface area contributed by atoms with Gasteiger partial charge in [0.2, 0.25) is 0 Å². The SMILES string of the molecule is CCCOc1cccc(CNC(=NC)NCc2ccccc2OC)c1.I. The van der Waals surface area contributed by atoms with Crippen LogP contribution in [0.15, 0.2) is 53.5 Å². The highest BCUT2D eigenvalue weighted by molar-refractivity contribution is 14.0. The molecule has 0 saturated heterocycles. The molecule has 0 fully saturated rings. The second-order valence-electron chi connectivity index (χ2n) is 5.59. The van der Waals surface area contributed by atoms with Crippen LogP contribution in [0.4, 0.5) is 0 Å². The summed E-state index contributed by atoms with van der Waals surface area (Å²) in [6, 6.07) is 16.1. The molecule has 2 aromatic carbocycles. The van der Waals surface area contributed by atoms with Gasteiger partial charge in [-0.25, -0.2) is 0 Å². The fourth-order valence-electron chi connectivity index (χ4n) is 2.40. The monoisotopic (exact) mass is 469 g/mol. The minimum atomic E-state index is 0. The Morgan fingerprint density at radius 1 is 1.04 bits per heavy atom. The Kier molecular flexibility index (Phi) is 10.5. The van der Waals surface area contributed by atoms with E-state index in [0.29, 0.717) is 13.1 Å². The maximum atomic E-state index is 5.67. The highest BCUT2D eigenvalue weighted by Crippen LogP contribution is 2.16. The van der Waals surface area contributed by atoms with Crippen LogP contribution in [0.3, 0.4) is 0 Å². The van der Waals surface area contributed by atoms with Gasteiger partial charge < -0.3 is 20.1 Å². The van der Waals surface area contributed by atoms with Crippen molar-refractivity contribution in [3.8, 4) is 11.5 Å². The molecular formula is C20H28IN3O2. The van der Waals surface area contributed by atoms with Crippen LogP contribution in [-0.2, 0) is 13.1 Å². The van der Waals surface area contributed by atoms with Gasteiger partial charge in [0.25, 0.3) is 0 Å². The summed E-state index contributed by atoms with van der Waals surface area (Å²) >= 11 is 0. The third kappa shape index (κ3) is 7.11. The predicted octanol–water partition coefficient (Wildman–Crippen LogP) is 3.97. The van der Waals surface area contributed by atoms with Crippen molar-refractivity contribution >= 4 is 29.9 Å². The van der Waals surface area contributed by atoms with Gasteiger partial charge >= 0.3 is 0 Å². The number of ether oxygens (including phenoxy) is 2. The molecule has 26 heavy (non-hydrogen) atoms. The summed E-state index contributed by atoms with van der Waals surface area (Å²) in [5, 5.41) is 6.63. The number of aliphatic imine (C=N–C) groups is 1. The van der Waals surface area contributed by atoms with Crippen LogP contribution < -0.4 is 20.1 Å². The van der Waals surface area contributed by atoms with Gasteiger partial charge in [0.1, 0.15) is 11.5 Å². The fraction of sp³-hybridized carbons (Fsp3) is 0.350. The standard InChI is InChI=1S/C20H27N3O2.HI/c1-4-12-25-18-10-7-8-16(13-18)14-22-20(21-2)23-15-17-9-5-6-11-19(17)24-3;/h5-11,13H,4,12,14-15H2,1-3H3,(H2,21,22,23);1H. The van der Waals surface area contributed by atoms with E-state index in [4.69, 9.17) is 9.47 Å². The smallest absolute Gasteiger partial charge is 0.191 e. The molecule has 0 atom stereocenters. The number of halogens is 1. The second-order valence-corrected chi connectivity index (χ2v) is 5.59. The molecule has 2 rings (SSSR count). The van der Waals surface area contributed by atoms with E-state index in [-0.39, 0.29) is 24.0 Å². The lowest BCUT2D eigenvalue weighted by Gasteiger charge is -2.14. The average molecular weight is 469 g/mol. The first kappa shape index (κ1) is 22.1. The van der Waals surface area contributed by atoms with E-state index in [2.05, 4.69) is 34.7 Å². The number of para-hydroxylation sites is 1. The zero-order valence-corrected chi connectivity index (χ0v) is 17.9. The van der Waals surface area contributed by atoms with E-state index < -0.39 is 0 Å². The van der Waals surface area contributed by atoms with E-state index in [1.54, 1.807) is 14.2 Å². The summed E-state index contributed by atoms with van der Waals surface area (Å²) in [5.41, 5.74) is 2.23. The van der Waals surface area contributed by atoms with Crippen LogP contribution in [0.1, 0.15) is 24.5 Å². The van der Waals surface area contributed by atoms with Crippen molar-refractivity contribution in [2.24, 2.45) is 4.99 Å². The molecule has 6 heteroatoms. The number of hydrogen-bond acceptors (Lipinski definition) is 3. The zero-order chi connectivity index (χ0) is 17.9. The number of guanidine groups is 1. The Hall–Kier alpha value is -1.96. The van der Waals surface area contributed by atoms with Crippen molar-refractivity contribution in [3.63, 3.8) is 0 Å². The molecule has 0 aliphatic carbocycles. The summed E-state index contributed by atoms with van der Waals surface area (Å²) in [6.07, 6.45) is 1.00. The number of benzene rings is 2. The first-order chi connectivity index (χ1) is 12.3. The number of nitrogens with one attached hydrogen (secondary N) is 2. The molecular weight excluding hydrogens is 441 g/mol. The Morgan fingerprint density at radius 3 is 2.54 bits per heavy atom. The molecule has 0 amide bonds. The lowest BCUT2D eigenvalue weighted by Crippen LogP contribution is -2.36. The Labute approximate surface area is 173 Å². The molecule has 0 saturated carbocycles. The molecule has 0 aromatic heterocycles. The summed E-state index contributed by atoms with van der Waals surface area (Å²) < 4.78 is 11.0. The van der Waals surface area contributed by atoms with Crippen LogP contribution in [0.25, 0.3) is 0 Å². The third-order valence-electron chi connectivity index (χ3n) is 3.69. The molecule has 0 heterocycles. The molecule has 0 aliphatic heterocycles. The topological polar surface area (TPSA) is 54.9 Å². The summed E-state index contributed by atoms with van der Waals surface area (Å²) in [4.78, 5) is 4.27. The maximum Gasteiger partial charge on any atom is 0.191 e. The third-order valence-corrected chi connectivity index (χ3v) is 3.69. The van der Waals surface area contributed by atoms with E-state index in [0.717, 1.165) is 41.6 Å². The maximum absolute atomic E-state index is 5.67. The van der Waals surface area contributed by atoms with Gasteiger partial charge in [0.05, 0.1) is 13.7 Å². The number of hydrogen-bond donors (Lipinski definition) is 2. The van der Waals surface area contributed by atoms with Crippen molar-refractivity contribution in [3.05, 3.63) is 59.7 Å². The van der Waals surface area contributed by atoms with Gasteiger partial charge in [-0.3, -0.25) is 4.99 Å². The van der Waals surface area contributed by atoms with E-state index >= 15 is 0 Å². The van der Waals surface area contributed by atoms with Crippen molar-refractivity contribution in [1.82, 2.24) is 10.6 Å². The van der Waals surface area contributed by atoms with Crippen LogP contribution in [0.5, 0.6) is 11.5 Å². The highest BCUT2D eigenvalue weighted by atomic mass is 127. The van der Waals surface area contributed by atoms with Crippen LogP contribution in [0.2, 0.25) is 0 Å². The molecule has 0 unspecified atom stereocenters. The molecule has 0 spiro atoms. The van der Waals surface area contributed by atoms with Crippen molar-refractivity contribution in [2.45, 2.75) is 26.4 Å². The van der Waals surface area contributed by atoms with E-state index in [1.165, 1.54) is 0 Å². The summed E-state index contributed by atoms with van der Waals surface area (Å²) in [5.74, 6) is 2.51. The molecule has 0 aliphatic rings. The largest absolute Gasteiger partial charge is 0.496 e. The van der Waals surface area contributed by atoms with E-state index in [1.807, 2.05) is 36.4 Å². The molecule has 0 bridgehead atoms. The van der Waals surface area contributed by atoms with Crippen molar-refractivity contribution in [2.75, 3.05) is 20.8 Å². The number of methoxy groups -OCH3 is 1. The van der Waals surface area contributed by atoms with Crippen molar-refractivity contribution in [1.29, 1.82) is 0 Å². The quantitative estimate of drug-likeness (QED) is 0.349. The number of rotatable bonds is 8. The Bertz CT molecular complexity index is 692. The Morgan fingerprint density at radius 2 is 1.81 bits per heavy atom. The minimum Gasteiger partial charge on any atom is -0.496 e. The normalized spacial score (nSPS) is 10.7. The van der Waals surface area contributed by atoms with Gasteiger partial charge in [-0.15, -0.1) is 24.0 Å². The minimum absolute atomic E-state index is 0. The number of nitrogens with zero attached hydrogens (tertiary/aromatic N) is 1. The van der Waals surface area contributed by atoms with Crippen molar-refractivity contribution < 1.29 is 9.47 Å². The van der Waals surface area contributed by atoms with Gasteiger partial charge in [0, 0.05) is 25.7 Å². The molecule has 2 N–H and O–H groups in total.